The first-order valence-corrected chi connectivity index (χ1v) is 4.13. The summed E-state index contributed by atoms with van der Waals surface area (Å²) in [6.07, 6.45) is 2.25. The summed E-state index contributed by atoms with van der Waals surface area (Å²) >= 11 is 0. The molecule has 0 spiro atoms. The lowest BCUT2D eigenvalue weighted by atomic mass is 9.82. The first kappa shape index (κ1) is 8.57. The second-order valence-electron chi connectivity index (χ2n) is 4.72. The van der Waals surface area contributed by atoms with E-state index in [2.05, 4.69) is 32.9 Å². The van der Waals surface area contributed by atoms with Gasteiger partial charge >= 0.3 is 0 Å². The molecule has 0 aliphatic heterocycles. The summed E-state index contributed by atoms with van der Waals surface area (Å²) in [7, 11) is 0. The molecule has 11 heavy (non-hydrogen) atoms. The van der Waals surface area contributed by atoms with Crippen LogP contribution in [0.25, 0.3) is 0 Å². The zero-order valence-electron chi connectivity index (χ0n) is 7.81. The van der Waals surface area contributed by atoms with Crippen molar-refractivity contribution >= 4 is 5.71 Å². The molecule has 0 saturated heterocycles. The maximum atomic E-state index is 8.83. The van der Waals surface area contributed by atoms with E-state index in [4.69, 9.17) is 5.21 Å². The molecule has 1 N–H and O–H groups in total. The molecule has 0 atom stereocenters. The summed E-state index contributed by atoms with van der Waals surface area (Å²) in [5, 5.41) is 12.2. The molecule has 64 valence electrons. The van der Waals surface area contributed by atoms with Crippen LogP contribution in [0.4, 0.5) is 0 Å². The lowest BCUT2D eigenvalue weighted by Gasteiger charge is -2.23. The second-order valence-corrected chi connectivity index (χ2v) is 4.72. The third kappa shape index (κ3) is 1.26. The summed E-state index contributed by atoms with van der Waals surface area (Å²) in [4.78, 5) is 0. The SMILES string of the molecule is CC1(C)CCC(C)(C)C1=NO. The fourth-order valence-electron chi connectivity index (χ4n) is 2.05. The quantitative estimate of drug-likeness (QED) is 0.423. The molecule has 0 unspecified atom stereocenters. The minimum absolute atomic E-state index is 0.0955. The van der Waals surface area contributed by atoms with E-state index in [1.165, 1.54) is 0 Å². The van der Waals surface area contributed by atoms with Gasteiger partial charge in [-0.15, -0.1) is 0 Å². The number of hydrogen-bond acceptors (Lipinski definition) is 2. The number of nitrogens with zero attached hydrogens (tertiary/aromatic N) is 1. The van der Waals surface area contributed by atoms with Crippen LogP contribution in [0, 0.1) is 10.8 Å². The van der Waals surface area contributed by atoms with Crippen LogP contribution in [0.2, 0.25) is 0 Å². The van der Waals surface area contributed by atoms with Crippen LogP contribution in [0.5, 0.6) is 0 Å². The Morgan fingerprint density at radius 1 is 1.09 bits per heavy atom. The molecule has 2 nitrogen and oxygen atoms in total. The van der Waals surface area contributed by atoms with Crippen LogP contribution in [-0.4, -0.2) is 10.9 Å². The minimum Gasteiger partial charge on any atom is -0.411 e. The zero-order chi connectivity index (χ0) is 8.70. The van der Waals surface area contributed by atoms with E-state index in [1.54, 1.807) is 0 Å². The smallest absolute Gasteiger partial charge is 0.0682 e. The van der Waals surface area contributed by atoms with Gasteiger partial charge in [-0.25, -0.2) is 0 Å². The van der Waals surface area contributed by atoms with Gasteiger partial charge in [0.05, 0.1) is 5.71 Å². The van der Waals surface area contributed by atoms with Gasteiger partial charge in [-0.2, -0.15) is 0 Å². The molecule has 1 saturated carbocycles. The Morgan fingerprint density at radius 3 is 1.64 bits per heavy atom. The molecule has 0 aromatic rings. The molecule has 0 amide bonds. The van der Waals surface area contributed by atoms with Gasteiger partial charge in [-0.1, -0.05) is 32.9 Å². The topological polar surface area (TPSA) is 32.6 Å². The number of rotatable bonds is 0. The summed E-state index contributed by atoms with van der Waals surface area (Å²) in [6, 6.07) is 0. The van der Waals surface area contributed by atoms with Gasteiger partial charge in [-0.3, -0.25) is 0 Å². The Labute approximate surface area is 68.3 Å². The van der Waals surface area contributed by atoms with Crippen LogP contribution in [0.15, 0.2) is 5.16 Å². The van der Waals surface area contributed by atoms with Crippen LogP contribution in [0.1, 0.15) is 40.5 Å². The predicted molar refractivity (Wildman–Crippen MR) is 46.0 cm³/mol. The highest BCUT2D eigenvalue weighted by Gasteiger charge is 2.44. The highest BCUT2D eigenvalue weighted by Crippen LogP contribution is 2.45. The second kappa shape index (κ2) is 2.23. The molecule has 1 aliphatic carbocycles. The van der Waals surface area contributed by atoms with E-state index in [0.717, 1.165) is 18.6 Å². The predicted octanol–water partition coefficient (Wildman–Crippen LogP) is 2.66. The Hall–Kier alpha value is -0.530. The Balaban J connectivity index is 2.99. The molecule has 1 aliphatic rings. The highest BCUT2D eigenvalue weighted by molar-refractivity contribution is 5.95. The fourth-order valence-corrected chi connectivity index (χ4v) is 2.05. The van der Waals surface area contributed by atoms with Crippen LogP contribution >= 0.6 is 0 Å². The van der Waals surface area contributed by atoms with Crippen LogP contribution in [0.3, 0.4) is 0 Å². The Bertz CT molecular complexity index is 174. The Kier molecular flexibility index (Phi) is 1.73. The molecule has 1 fully saturated rings. The lowest BCUT2D eigenvalue weighted by Crippen LogP contribution is -2.27. The molecule has 0 aromatic heterocycles. The van der Waals surface area contributed by atoms with E-state index in [0.29, 0.717) is 0 Å². The molecular weight excluding hydrogens is 138 g/mol. The van der Waals surface area contributed by atoms with Gasteiger partial charge < -0.3 is 5.21 Å². The van der Waals surface area contributed by atoms with Gasteiger partial charge in [0.2, 0.25) is 0 Å². The summed E-state index contributed by atoms with van der Waals surface area (Å²) in [6.45, 7) is 8.54. The van der Waals surface area contributed by atoms with Crippen molar-refractivity contribution in [3.8, 4) is 0 Å². The first-order valence-electron chi connectivity index (χ1n) is 4.13. The van der Waals surface area contributed by atoms with Crippen LogP contribution < -0.4 is 0 Å². The van der Waals surface area contributed by atoms with Crippen molar-refractivity contribution in [1.82, 2.24) is 0 Å². The standard InChI is InChI=1S/C9H17NO/c1-8(2)5-6-9(3,4)7(8)10-11/h11H,5-6H2,1-4H3. The van der Waals surface area contributed by atoms with Gasteiger partial charge in [0, 0.05) is 10.8 Å². The molecule has 0 radical (unpaired) electrons. The average molecular weight is 155 g/mol. The van der Waals surface area contributed by atoms with Crippen molar-refractivity contribution < 1.29 is 5.21 Å². The zero-order valence-corrected chi connectivity index (χ0v) is 7.81. The van der Waals surface area contributed by atoms with Gasteiger partial charge in [0.25, 0.3) is 0 Å². The van der Waals surface area contributed by atoms with Crippen molar-refractivity contribution in [2.45, 2.75) is 40.5 Å². The van der Waals surface area contributed by atoms with Crippen molar-refractivity contribution in [2.75, 3.05) is 0 Å². The van der Waals surface area contributed by atoms with E-state index in [1.807, 2.05) is 0 Å². The maximum absolute atomic E-state index is 8.83. The van der Waals surface area contributed by atoms with Gasteiger partial charge in [0.1, 0.15) is 0 Å². The van der Waals surface area contributed by atoms with Gasteiger partial charge in [0.15, 0.2) is 0 Å². The van der Waals surface area contributed by atoms with E-state index < -0.39 is 0 Å². The minimum atomic E-state index is 0.0955. The number of oxime groups is 1. The first-order chi connectivity index (χ1) is 4.90. The molecule has 0 aromatic carbocycles. The Morgan fingerprint density at radius 2 is 1.45 bits per heavy atom. The molecule has 2 heteroatoms. The average Bonchev–Trinajstić information content (AvgIpc) is 2.03. The summed E-state index contributed by atoms with van der Waals surface area (Å²) in [5.41, 5.74) is 1.14. The fraction of sp³-hybridized carbons (Fsp3) is 0.889. The van der Waals surface area contributed by atoms with Gasteiger partial charge in [-0.05, 0) is 12.8 Å². The third-order valence-electron chi connectivity index (χ3n) is 2.76. The molecular formula is C9H17NO. The summed E-state index contributed by atoms with van der Waals surface area (Å²) in [5.74, 6) is 0. The maximum Gasteiger partial charge on any atom is 0.0682 e. The van der Waals surface area contributed by atoms with Crippen molar-refractivity contribution in [3.63, 3.8) is 0 Å². The van der Waals surface area contributed by atoms with Crippen molar-refractivity contribution in [2.24, 2.45) is 16.0 Å². The third-order valence-corrected chi connectivity index (χ3v) is 2.76. The van der Waals surface area contributed by atoms with E-state index in [9.17, 15) is 0 Å². The van der Waals surface area contributed by atoms with E-state index in [-0.39, 0.29) is 10.8 Å². The lowest BCUT2D eigenvalue weighted by molar-refractivity contribution is 0.304. The number of hydrogen-bond donors (Lipinski definition) is 1. The monoisotopic (exact) mass is 155 g/mol. The molecule has 0 bridgehead atoms. The van der Waals surface area contributed by atoms with Crippen LogP contribution in [-0.2, 0) is 0 Å². The largest absolute Gasteiger partial charge is 0.411 e. The normalized spacial score (nSPS) is 27.1. The van der Waals surface area contributed by atoms with Crippen molar-refractivity contribution in [1.29, 1.82) is 0 Å². The summed E-state index contributed by atoms with van der Waals surface area (Å²) < 4.78 is 0. The molecule has 0 heterocycles. The highest BCUT2D eigenvalue weighted by atomic mass is 16.4. The van der Waals surface area contributed by atoms with Crippen molar-refractivity contribution in [3.05, 3.63) is 0 Å². The van der Waals surface area contributed by atoms with E-state index >= 15 is 0 Å². The molecule has 1 rings (SSSR count).